The standard InChI is InChI=1S/C52H57N11O6/c1-30-28-59(34-13-16-58(17-14-34)35-6-8-38-39(24-35)49(67)63(48(38)66)41-9-11-45(64)56-47(41)65)18-19-60(30)36-7-10-44(54-27-36)55-40-22-33(29-57(5)50(40)68)37-12-15-53-46(31(37)2)62-21-20-61-42(51(62)69)23-32-25-52(3,4)26-43(32)61/h6-8,10,12,15,22-24,27,29-30,34,41H,9,11,13-14,16-21,25-26,28H2,1-5H3,(H,54,55)(H,56,64,65)/t30-,41?/m0/s1. The molecule has 0 radical (unpaired) electrons. The first kappa shape index (κ1) is 44.4. The molecular formula is C52H57N11O6. The summed E-state index contributed by atoms with van der Waals surface area (Å²) in [5.74, 6) is -0.853. The van der Waals surface area contributed by atoms with Gasteiger partial charge in [-0.3, -0.25) is 48.8 Å². The Labute approximate surface area is 400 Å². The number of rotatable bonds is 8. The van der Waals surface area contributed by atoms with Crippen molar-refractivity contribution in [2.24, 2.45) is 12.5 Å². The topological polar surface area (TPSA) is 178 Å². The maximum atomic E-state index is 14.0. The van der Waals surface area contributed by atoms with E-state index in [2.05, 4.69) is 56.7 Å². The molecule has 5 aromatic rings. The fourth-order valence-electron chi connectivity index (χ4n) is 11.8. The Hall–Kier alpha value is -7.14. The lowest BCUT2D eigenvalue weighted by Crippen LogP contribution is -2.57. The van der Waals surface area contributed by atoms with Gasteiger partial charge in [0, 0.05) is 101 Å². The van der Waals surface area contributed by atoms with Crippen molar-refractivity contribution in [2.75, 3.05) is 59.3 Å². The van der Waals surface area contributed by atoms with Crippen molar-refractivity contribution in [2.45, 2.75) is 90.9 Å². The Kier molecular flexibility index (Phi) is 10.8. The molecule has 356 valence electrons. The van der Waals surface area contributed by atoms with E-state index >= 15 is 0 Å². The molecule has 6 aliphatic rings. The van der Waals surface area contributed by atoms with Crippen LogP contribution in [0.2, 0.25) is 0 Å². The van der Waals surface area contributed by atoms with Crippen LogP contribution in [0.4, 0.5) is 28.7 Å². The summed E-state index contributed by atoms with van der Waals surface area (Å²) in [6.45, 7) is 14.3. The lowest BCUT2D eigenvalue weighted by molar-refractivity contribution is -0.136. The molecule has 3 saturated heterocycles. The van der Waals surface area contributed by atoms with Crippen molar-refractivity contribution in [3.05, 3.63) is 111 Å². The quantitative estimate of drug-likeness (QED) is 0.198. The van der Waals surface area contributed by atoms with E-state index in [4.69, 9.17) is 9.97 Å². The minimum Gasteiger partial charge on any atom is -0.371 e. The SMILES string of the molecule is Cc1c(-c2cc(Nc3ccc(N4CCN(C5CCN(c6ccc7c(c6)C(=O)N(C6CCC(=O)NC6=O)C7=O)CC5)C[C@@H]4C)cn3)c(=O)n(C)c2)ccnc1N1CCn2c(cc3c2CC(C)(C)C3)C1=O. The summed E-state index contributed by atoms with van der Waals surface area (Å²) < 4.78 is 3.78. The van der Waals surface area contributed by atoms with Crippen molar-refractivity contribution in [3.63, 3.8) is 0 Å². The second kappa shape index (κ2) is 16.8. The summed E-state index contributed by atoms with van der Waals surface area (Å²) >= 11 is 0. The van der Waals surface area contributed by atoms with E-state index in [1.54, 1.807) is 34.8 Å². The van der Waals surface area contributed by atoms with Gasteiger partial charge in [-0.05, 0) is 117 Å². The monoisotopic (exact) mass is 931 g/mol. The maximum absolute atomic E-state index is 14.0. The van der Waals surface area contributed by atoms with Gasteiger partial charge in [0.05, 0.1) is 23.0 Å². The molecule has 3 fully saturated rings. The number of aryl methyl sites for hydroxylation is 1. The highest BCUT2D eigenvalue weighted by Gasteiger charge is 2.45. The molecule has 17 heteroatoms. The molecule has 0 saturated carbocycles. The first-order chi connectivity index (χ1) is 33.1. The molecule has 1 aromatic carbocycles. The van der Waals surface area contributed by atoms with Gasteiger partial charge in [-0.15, -0.1) is 0 Å². The van der Waals surface area contributed by atoms with Gasteiger partial charge in [0.1, 0.15) is 29.1 Å². The summed E-state index contributed by atoms with van der Waals surface area (Å²) in [6, 6.07) is 14.8. The smallest absolute Gasteiger partial charge is 0.276 e. The predicted octanol–water partition coefficient (Wildman–Crippen LogP) is 5.06. The minimum atomic E-state index is -0.987. The van der Waals surface area contributed by atoms with Crippen molar-refractivity contribution in [1.29, 1.82) is 0 Å². The van der Waals surface area contributed by atoms with Crippen LogP contribution in [-0.4, -0.2) is 116 Å². The van der Waals surface area contributed by atoms with Crippen LogP contribution in [0.5, 0.6) is 0 Å². The number of piperidine rings is 2. The molecule has 2 N–H and O–H groups in total. The van der Waals surface area contributed by atoms with Crippen LogP contribution >= 0.6 is 0 Å². The minimum absolute atomic E-state index is 0.0362. The van der Waals surface area contributed by atoms with Crippen LogP contribution in [0.3, 0.4) is 0 Å². The van der Waals surface area contributed by atoms with E-state index < -0.39 is 29.7 Å². The highest BCUT2D eigenvalue weighted by molar-refractivity contribution is 6.23. The molecular weight excluding hydrogens is 875 g/mol. The van der Waals surface area contributed by atoms with Crippen LogP contribution in [0.15, 0.2) is 71.9 Å². The Morgan fingerprint density at radius 1 is 0.783 bits per heavy atom. The van der Waals surface area contributed by atoms with E-state index in [9.17, 15) is 28.8 Å². The Morgan fingerprint density at radius 3 is 2.32 bits per heavy atom. The molecule has 1 aliphatic carbocycles. The number of benzene rings is 1. The van der Waals surface area contributed by atoms with Crippen LogP contribution in [0, 0.1) is 12.3 Å². The third-order valence-electron chi connectivity index (χ3n) is 15.3. The Bertz CT molecular complexity index is 3040. The van der Waals surface area contributed by atoms with E-state index in [0.717, 1.165) is 104 Å². The second-order valence-electron chi connectivity index (χ2n) is 20.5. The van der Waals surface area contributed by atoms with Gasteiger partial charge in [0.25, 0.3) is 23.3 Å². The normalized spacial score (nSPS) is 21.7. The molecule has 11 rings (SSSR count). The number of anilines is 5. The van der Waals surface area contributed by atoms with Crippen molar-refractivity contribution in [1.82, 2.24) is 34.2 Å². The molecule has 69 heavy (non-hydrogen) atoms. The molecule has 0 bridgehead atoms. The number of amides is 5. The number of nitrogens with one attached hydrogen (secondary N) is 2. The molecule has 4 aromatic heterocycles. The zero-order valence-electron chi connectivity index (χ0n) is 39.7. The summed E-state index contributed by atoms with van der Waals surface area (Å²) in [5.41, 5.74) is 8.75. The Balaban J connectivity index is 0.711. The second-order valence-corrected chi connectivity index (χ2v) is 20.5. The van der Waals surface area contributed by atoms with Crippen LogP contribution in [0.1, 0.15) is 94.5 Å². The molecule has 9 heterocycles. The van der Waals surface area contributed by atoms with E-state index in [0.29, 0.717) is 35.5 Å². The molecule has 1 unspecified atom stereocenters. The van der Waals surface area contributed by atoms with Gasteiger partial charge in [-0.25, -0.2) is 9.97 Å². The highest BCUT2D eigenvalue weighted by Crippen LogP contribution is 2.40. The molecule has 5 aliphatic heterocycles. The summed E-state index contributed by atoms with van der Waals surface area (Å²) in [4.78, 5) is 97.9. The molecule has 17 nitrogen and oxygen atoms in total. The summed E-state index contributed by atoms with van der Waals surface area (Å²) in [7, 11) is 1.74. The highest BCUT2D eigenvalue weighted by atomic mass is 16.2. The maximum Gasteiger partial charge on any atom is 0.276 e. The van der Waals surface area contributed by atoms with Gasteiger partial charge < -0.3 is 24.3 Å². The van der Waals surface area contributed by atoms with Crippen molar-refractivity contribution in [3.8, 4) is 11.1 Å². The number of hydrogen-bond acceptors (Lipinski definition) is 12. The van der Waals surface area contributed by atoms with E-state index in [1.807, 2.05) is 49.6 Å². The third-order valence-corrected chi connectivity index (χ3v) is 15.3. The average molecular weight is 932 g/mol. The lowest BCUT2D eigenvalue weighted by Gasteiger charge is -2.46. The van der Waals surface area contributed by atoms with Crippen molar-refractivity contribution >= 4 is 58.2 Å². The van der Waals surface area contributed by atoms with Gasteiger partial charge in [-0.2, -0.15) is 0 Å². The van der Waals surface area contributed by atoms with Gasteiger partial charge in [-0.1, -0.05) is 13.8 Å². The van der Waals surface area contributed by atoms with Gasteiger partial charge >= 0.3 is 0 Å². The zero-order chi connectivity index (χ0) is 48.0. The summed E-state index contributed by atoms with van der Waals surface area (Å²) in [5, 5.41) is 5.54. The number of carbonyl (C=O) groups excluding carboxylic acids is 5. The number of nitrogens with zero attached hydrogens (tertiary/aromatic N) is 9. The first-order valence-corrected chi connectivity index (χ1v) is 24.2. The fraction of sp³-hybridized carbons (Fsp3) is 0.423. The Morgan fingerprint density at radius 2 is 1.57 bits per heavy atom. The molecule has 5 amide bonds. The third kappa shape index (κ3) is 7.76. The molecule has 2 atom stereocenters. The lowest BCUT2D eigenvalue weighted by atomic mass is 9.90. The van der Waals surface area contributed by atoms with E-state index in [1.165, 1.54) is 11.3 Å². The predicted molar refractivity (Wildman–Crippen MR) is 261 cm³/mol. The van der Waals surface area contributed by atoms with Gasteiger partial charge in [0.2, 0.25) is 11.8 Å². The fourth-order valence-corrected chi connectivity index (χ4v) is 11.8. The number of pyridine rings is 3. The largest absolute Gasteiger partial charge is 0.371 e. The van der Waals surface area contributed by atoms with E-state index in [-0.39, 0.29) is 41.3 Å². The average Bonchev–Trinajstić information content (AvgIpc) is 3.92. The van der Waals surface area contributed by atoms with Gasteiger partial charge in [0.15, 0.2) is 0 Å². The first-order valence-electron chi connectivity index (χ1n) is 24.2. The number of carbonyl (C=O) groups is 5. The zero-order valence-corrected chi connectivity index (χ0v) is 39.7. The van der Waals surface area contributed by atoms with Crippen LogP contribution in [0.25, 0.3) is 11.1 Å². The molecule has 0 spiro atoms. The number of piperazine rings is 1. The number of fused-ring (bicyclic) bond motifs is 4. The van der Waals surface area contributed by atoms with Crippen molar-refractivity contribution < 1.29 is 24.0 Å². The number of imide groups is 2. The van der Waals surface area contributed by atoms with Crippen LogP contribution < -0.4 is 30.9 Å². The van der Waals surface area contributed by atoms with Crippen LogP contribution in [-0.2, 0) is 36.0 Å². The summed E-state index contributed by atoms with van der Waals surface area (Å²) in [6.07, 6.45) is 9.49. The number of aromatic nitrogens is 4. The number of hydrogen-bond donors (Lipinski definition) is 2.